The zero-order valence-corrected chi connectivity index (χ0v) is 8.63. The molecule has 0 spiro atoms. The Balaban J connectivity index is 2.48. The Bertz CT molecular complexity index is 181. The molecular formula is C10H18O3. The van der Waals surface area contributed by atoms with Gasteiger partial charge in [-0.1, -0.05) is 12.8 Å². The van der Waals surface area contributed by atoms with E-state index in [1.807, 2.05) is 13.8 Å². The van der Waals surface area contributed by atoms with Crippen LogP contribution in [0.15, 0.2) is 0 Å². The molecule has 0 aromatic carbocycles. The second kappa shape index (κ2) is 3.99. The van der Waals surface area contributed by atoms with Gasteiger partial charge < -0.3 is 9.47 Å². The third-order valence-corrected chi connectivity index (χ3v) is 2.85. The van der Waals surface area contributed by atoms with Gasteiger partial charge in [-0.25, -0.2) is 4.79 Å². The molecule has 1 aliphatic rings. The van der Waals surface area contributed by atoms with E-state index in [1.54, 1.807) is 0 Å². The lowest BCUT2D eigenvalue weighted by Crippen LogP contribution is -2.35. The highest BCUT2D eigenvalue weighted by molar-refractivity contribution is 5.60. The monoisotopic (exact) mass is 186 g/mol. The molecule has 3 nitrogen and oxygen atoms in total. The summed E-state index contributed by atoms with van der Waals surface area (Å²) in [5, 5.41) is 0. The van der Waals surface area contributed by atoms with E-state index in [0.29, 0.717) is 5.92 Å². The van der Waals surface area contributed by atoms with Crippen LogP contribution in [0.5, 0.6) is 0 Å². The number of hydrogen-bond acceptors (Lipinski definition) is 3. The van der Waals surface area contributed by atoms with E-state index in [-0.39, 0.29) is 5.60 Å². The van der Waals surface area contributed by atoms with E-state index < -0.39 is 6.16 Å². The molecule has 13 heavy (non-hydrogen) atoms. The number of rotatable bonds is 2. The van der Waals surface area contributed by atoms with Crippen LogP contribution >= 0.6 is 0 Å². The van der Waals surface area contributed by atoms with Crippen molar-refractivity contribution < 1.29 is 14.3 Å². The minimum atomic E-state index is -0.572. The summed E-state index contributed by atoms with van der Waals surface area (Å²) in [6, 6.07) is 0. The average Bonchev–Trinajstić information content (AvgIpc) is 2.55. The van der Waals surface area contributed by atoms with Crippen molar-refractivity contribution in [3.8, 4) is 0 Å². The fourth-order valence-electron chi connectivity index (χ4n) is 1.96. The van der Waals surface area contributed by atoms with Gasteiger partial charge in [0.25, 0.3) is 0 Å². The first kappa shape index (κ1) is 10.4. The quantitative estimate of drug-likeness (QED) is 0.622. The van der Waals surface area contributed by atoms with Crippen LogP contribution in [0.2, 0.25) is 0 Å². The van der Waals surface area contributed by atoms with E-state index in [2.05, 4.69) is 4.74 Å². The van der Waals surface area contributed by atoms with Crippen molar-refractivity contribution in [2.75, 3.05) is 7.11 Å². The molecule has 0 bridgehead atoms. The molecule has 0 atom stereocenters. The maximum absolute atomic E-state index is 10.9. The van der Waals surface area contributed by atoms with Gasteiger partial charge in [-0.15, -0.1) is 0 Å². The molecule has 0 N–H and O–H groups in total. The van der Waals surface area contributed by atoms with Crippen LogP contribution in [0.25, 0.3) is 0 Å². The van der Waals surface area contributed by atoms with Crippen LogP contribution in [0.4, 0.5) is 4.79 Å². The lowest BCUT2D eigenvalue weighted by Gasteiger charge is -2.30. The van der Waals surface area contributed by atoms with Crippen molar-refractivity contribution in [3.05, 3.63) is 0 Å². The summed E-state index contributed by atoms with van der Waals surface area (Å²) in [7, 11) is 1.34. The Morgan fingerprint density at radius 1 is 1.31 bits per heavy atom. The Labute approximate surface area is 79.4 Å². The normalized spacial score (nSPS) is 18.7. The minimum absolute atomic E-state index is 0.371. The van der Waals surface area contributed by atoms with Gasteiger partial charge >= 0.3 is 6.16 Å². The van der Waals surface area contributed by atoms with Crippen molar-refractivity contribution in [1.29, 1.82) is 0 Å². The van der Waals surface area contributed by atoms with Crippen molar-refractivity contribution >= 4 is 6.16 Å². The second-order valence-electron chi connectivity index (χ2n) is 4.14. The molecule has 0 aromatic rings. The van der Waals surface area contributed by atoms with E-state index in [0.717, 1.165) is 12.8 Å². The van der Waals surface area contributed by atoms with Crippen molar-refractivity contribution in [3.63, 3.8) is 0 Å². The van der Waals surface area contributed by atoms with Crippen LogP contribution < -0.4 is 0 Å². The maximum atomic E-state index is 10.9. The largest absolute Gasteiger partial charge is 0.508 e. The molecule has 1 rings (SSSR count). The van der Waals surface area contributed by atoms with Gasteiger partial charge in [0.05, 0.1) is 7.11 Å². The molecule has 0 heterocycles. The zero-order chi connectivity index (χ0) is 9.90. The van der Waals surface area contributed by atoms with Gasteiger partial charge in [0.2, 0.25) is 0 Å². The third-order valence-electron chi connectivity index (χ3n) is 2.85. The summed E-state index contributed by atoms with van der Waals surface area (Å²) in [4.78, 5) is 10.9. The molecule has 76 valence electrons. The van der Waals surface area contributed by atoms with Gasteiger partial charge in [-0.2, -0.15) is 0 Å². The summed E-state index contributed by atoms with van der Waals surface area (Å²) in [6.45, 7) is 3.92. The number of methoxy groups -OCH3 is 1. The van der Waals surface area contributed by atoms with Crippen molar-refractivity contribution in [1.82, 2.24) is 0 Å². The fourth-order valence-corrected chi connectivity index (χ4v) is 1.96. The topological polar surface area (TPSA) is 35.5 Å². The molecule has 0 saturated heterocycles. The predicted octanol–water partition coefficient (Wildman–Crippen LogP) is 2.74. The lowest BCUT2D eigenvalue weighted by atomic mass is 9.89. The molecule has 1 fully saturated rings. The first-order valence-corrected chi connectivity index (χ1v) is 4.83. The molecular weight excluding hydrogens is 168 g/mol. The van der Waals surface area contributed by atoms with Crippen LogP contribution in [0.1, 0.15) is 39.5 Å². The van der Waals surface area contributed by atoms with Crippen LogP contribution in [0.3, 0.4) is 0 Å². The molecule has 0 amide bonds. The van der Waals surface area contributed by atoms with Gasteiger partial charge in [-0.05, 0) is 32.6 Å². The molecule has 3 heteroatoms. The van der Waals surface area contributed by atoms with Gasteiger partial charge in [0, 0.05) is 0 Å². The number of carbonyl (C=O) groups is 1. The Morgan fingerprint density at radius 3 is 2.31 bits per heavy atom. The van der Waals surface area contributed by atoms with Gasteiger partial charge in [0.1, 0.15) is 5.60 Å². The number of carbonyl (C=O) groups excluding carboxylic acids is 1. The maximum Gasteiger partial charge on any atom is 0.508 e. The van der Waals surface area contributed by atoms with Crippen LogP contribution in [-0.4, -0.2) is 18.9 Å². The minimum Gasteiger partial charge on any atom is -0.438 e. The van der Waals surface area contributed by atoms with E-state index in [9.17, 15) is 4.79 Å². The summed E-state index contributed by atoms with van der Waals surface area (Å²) in [5.74, 6) is 0.492. The first-order valence-electron chi connectivity index (χ1n) is 4.83. The van der Waals surface area contributed by atoms with E-state index in [4.69, 9.17) is 4.74 Å². The number of ether oxygens (including phenoxy) is 2. The molecule has 1 aliphatic carbocycles. The SMILES string of the molecule is COC(=O)OC(C)(C)C1CCCC1. The van der Waals surface area contributed by atoms with Gasteiger partial charge in [0.15, 0.2) is 0 Å². The highest BCUT2D eigenvalue weighted by Gasteiger charge is 2.35. The van der Waals surface area contributed by atoms with Crippen molar-refractivity contribution in [2.24, 2.45) is 5.92 Å². The summed E-state index contributed by atoms with van der Waals surface area (Å²) >= 11 is 0. The third kappa shape index (κ3) is 2.61. The Kier molecular flexibility index (Phi) is 3.17. The van der Waals surface area contributed by atoms with Crippen molar-refractivity contribution in [2.45, 2.75) is 45.1 Å². The summed E-state index contributed by atoms with van der Waals surface area (Å²) in [6.07, 6.45) is 4.24. The highest BCUT2D eigenvalue weighted by atomic mass is 16.7. The van der Waals surface area contributed by atoms with E-state index >= 15 is 0 Å². The molecule has 0 aromatic heterocycles. The smallest absolute Gasteiger partial charge is 0.438 e. The highest BCUT2D eigenvalue weighted by Crippen LogP contribution is 2.36. The predicted molar refractivity (Wildman–Crippen MR) is 49.5 cm³/mol. The van der Waals surface area contributed by atoms with Gasteiger partial charge in [-0.3, -0.25) is 0 Å². The van der Waals surface area contributed by atoms with Crippen LogP contribution in [-0.2, 0) is 9.47 Å². The number of hydrogen-bond donors (Lipinski definition) is 0. The zero-order valence-electron chi connectivity index (χ0n) is 8.63. The Hall–Kier alpha value is -0.730. The molecule has 1 saturated carbocycles. The first-order chi connectivity index (χ1) is 6.06. The van der Waals surface area contributed by atoms with E-state index in [1.165, 1.54) is 20.0 Å². The average molecular weight is 186 g/mol. The molecule has 0 radical (unpaired) electrons. The fraction of sp³-hybridized carbons (Fsp3) is 0.900. The second-order valence-corrected chi connectivity index (χ2v) is 4.14. The lowest BCUT2D eigenvalue weighted by molar-refractivity contribution is -0.0386. The molecule has 0 aliphatic heterocycles. The Morgan fingerprint density at radius 2 is 1.85 bits per heavy atom. The summed E-state index contributed by atoms with van der Waals surface area (Å²) < 4.78 is 9.69. The summed E-state index contributed by atoms with van der Waals surface area (Å²) in [5.41, 5.74) is -0.371. The van der Waals surface area contributed by atoms with Crippen LogP contribution in [0, 0.1) is 5.92 Å². The standard InChI is InChI=1S/C10H18O3/c1-10(2,13-9(11)12-3)8-6-4-5-7-8/h8H,4-7H2,1-3H3. The molecule has 0 unspecified atom stereocenters.